The van der Waals surface area contributed by atoms with Gasteiger partial charge in [-0.25, -0.2) is 0 Å². The number of aromatic nitrogens is 2. The molecule has 1 aromatic heterocycles. The molecule has 0 spiro atoms. The van der Waals surface area contributed by atoms with Crippen LogP contribution in [0.4, 0.5) is 0 Å². The SMILES string of the molecule is CCc1nn(C)c(CC2CSCC2O)c1Br. The van der Waals surface area contributed by atoms with Gasteiger partial charge in [0, 0.05) is 18.7 Å². The summed E-state index contributed by atoms with van der Waals surface area (Å²) in [6.45, 7) is 2.11. The third kappa shape index (κ3) is 2.31. The minimum absolute atomic E-state index is 0.156. The van der Waals surface area contributed by atoms with E-state index in [0.717, 1.165) is 34.5 Å². The van der Waals surface area contributed by atoms with Gasteiger partial charge in [-0.2, -0.15) is 16.9 Å². The number of hydrogen-bond donors (Lipinski definition) is 1. The highest BCUT2D eigenvalue weighted by Crippen LogP contribution is 2.30. The van der Waals surface area contributed by atoms with Crippen LogP contribution in [0.1, 0.15) is 18.3 Å². The summed E-state index contributed by atoms with van der Waals surface area (Å²) in [7, 11) is 1.98. The van der Waals surface area contributed by atoms with Crippen LogP contribution in [-0.2, 0) is 19.9 Å². The Bertz CT molecular complexity index is 380. The Hall–Kier alpha value is -0.0000000000000000555. The first-order chi connectivity index (χ1) is 7.63. The van der Waals surface area contributed by atoms with Gasteiger partial charge in [-0.05, 0) is 34.5 Å². The number of halogens is 1. The smallest absolute Gasteiger partial charge is 0.0766 e. The summed E-state index contributed by atoms with van der Waals surface area (Å²) in [6.07, 6.45) is 1.70. The van der Waals surface area contributed by atoms with E-state index in [2.05, 4.69) is 28.0 Å². The molecule has 5 heteroatoms. The molecule has 1 fully saturated rings. The van der Waals surface area contributed by atoms with E-state index >= 15 is 0 Å². The third-order valence-corrected chi connectivity index (χ3v) is 5.28. The molecular formula is C11H17BrN2OS. The molecule has 1 saturated heterocycles. The molecule has 90 valence electrons. The van der Waals surface area contributed by atoms with Crippen molar-refractivity contribution in [3.8, 4) is 0 Å². The summed E-state index contributed by atoms with van der Waals surface area (Å²) in [5.41, 5.74) is 2.32. The van der Waals surface area contributed by atoms with Crippen LogP contribution in [0.5, 0.6) is 0 Å². The molecular weight excluding hydrogens is 288 g/mol. The summed E-state index contributed by atoms with van der Waals surface area (Å²) < 4.78 is 3.07. The Morgan fingerprint density at radius 2 is 2.31 bits per heavy atom. The van der Waals surface area contributed by atoms with Crippen LogP contribution in [0, 0.1) is 5.92 Å². The second-order valence-corrected chi connectivity index (χ2v) is 6.12. The molecule has 1 aliphatic rings. The standard InChI is InChI=1S/C11H17BrN2OS/c1-3-8-11(12)9(14(2)13-8)4-7-5-16-6-10(7)15/h7,10,15H,3-6H2,1-2H3. The van der Waals surface area contributed by atoms with Gasteiger partial charge in [0.15, 0.2) is 0 Å². The molecule has 0 aromatic carbocycles. The van der Waals surface area contributed by atoms with E-state index < -0.39 is 0 Å². The number of nitrogens with zero attached hydrogens (tertiary/aromatic N) is 2. The zero-order valence-electron chi connectivity index (χ0n) is 9.61. The fraction of sp³-hybridized carbons (Fsp3) is 0.727. The number of thioether (sulfide) groups is 1. The Kier molecular flexibility index (Phi) is 3.97. The predicted molar refractivity (Wildman–Crippen MR) is 70.8 cm³/mol. The lowest BCUT2D eigenvalue weighted by atomic mass is 10.00. The van der Waals surface area contributed by atoms with Gasteiger partial charge in [0.2, 0.25) is 0 Å². The maximum atomic E-state index is 9.83. The minimum Gasteiger partial charge on any atom is -0.392 e. The number of rotatable bonds is 3. The van der Waals surface area contributed by atoms with Gasteiger partial charge < -0.3 is 5.11 Å². The van der Waals surface area contributed by atoms with E-state index in [1.807, 2.05) is 23.5 Å². The van der Waals surface area contributed by atoms with Crippen LogP contribution < -0.4 is 0 Å². The fourth-order valence-electron chi connectivity index (χ4n) is 2.07. The summed E-state index contributed by atoms with van der Waals surface area (Å²) in [4.78, 5) is 0. The Morgan fingerprint density at radius 1 is 1.56 bits per heavy atom. The van der Waals surface area contributed by atoms with E-state index in [4.69, 9.17) is 0 Å². The van der Waals surface area contributed by atoms with Crippen LogP contribution in [0.3, 0.4) is 0 Å². The maximum absolute atomic E-state index is 9.83. The predicted octanol–water partition coefficient (Wildman–Crippen LogP) is 2.01. The zero-order valence-corrected chi connectivity index (χ0v) is 12.0. The molecule has 3 nitrogen and oxygen atoms in total. The number of aliphatic hydroxyl groups is 1. The van der Waals surface area contributed by atoms with Gasteiger partial charge >= 0.3 is 0 Å². The lowest BCUT2D eigenvalue weighted by Crippen LogP contribution is -2.21. The summed E-state index contributed by atoms with van der Waals surface area (Å²) in [5, 5.41) is 14.3. The van der Waals surface area contributed by atoms with Crippen LogP contribution in [0.2, 0.25) is 0 Å². The molecule has 1 aromatic rings. The second-order valence-electron chi connectivity index (χ2n) is 4.25. The molecule has 0 aliphatic carbocycles. The van der Waals surface area contributed by atoms with E-state index in [1.54, 1.807) is 0 Å². The summed E-state index contributed by atoms with van der Waals surface area (Å²) in [6, 6.07) is 0. The molecule has 2 heterocycles. The highest BCUT2D eigenvalue weighted by molar-refractivity contribution is 9.10. The van der Waals surface area contributed by atoms with Gasteiger partial charge in [0.25, 0.3) is 0 Å². The highest BCUT2D eigenvalue weighted by atomic mass is 79.9. The number of aliphatic hydroxyl groups excluding tert-OH is 1. The molecule has 2 unspecified atom stereocenters. The average molecular weight is 305 g/mol. The topological polar surface area (TPSA) is 38.0 Å². The van der Waals surface area contributed by atoms with E-state index in [-0.39, 0.29) is 6.10 Å². The molecule has 0 amide bonds. The molecule has 2 atom stereocenters. The van der Waals surface area contributed by atoms with Crippen molar-refractivity contribution in [2.75, 3.05) is 11.5 Å². The van der Waals surface area contributed by atoms with Crippen molar-refractivity contribution >= 4 is 27.7 Å². The molecule has 1 N–H and O–H groups in total. The van der Waals surface area contributed by atoms with Gasteiger partial charge in [0.1, 0.15) is 0 Å². The lowest BCUT2D eigenvalue weighted by Gasteiger charge is -2.13. The van der Waals surface area contributed by atoms with Crippen LogP contribution in [-0.4, -0.2) is 32.5 Å². The molecule has 16 heavy (non-hydrogen) atoms. The number of aryl methyl sites for hydroxylation is 2. The molecule has 1 aliphatic heterocycles. The van der Waals surface area contributed by atoms with Crippen LogP contribution in [0.15, 0.2) is 4.47 Å². The second kappa shape index (κ2) is 5.10. The quantitative estimate of drug-likeness (QED) is 0.928. The van der Waals surface area contributed by atoms with E-state index in [0.29, 0.717) is 5.92 Å². The van der Waals surface area contributed by atoms with Crippen molar-refractivity contribution in [3.05, 3.63) is 15.9 Å². The monoisotopic (exact) mass is 304 g/mol. The van der Waals surface area contributed by atoms with Crippen molar-refractivity contribution in [3.63, 3.8) is 0 Å². The molecule has 0 bridgehead atoms. The van der Waals surface area contributed by atoms with Gasteiger partial charge in [-0.15, -0.1) is 0 Å². The Morgan fingerprint density at radius 3 is 2.81 bits per heavy atom. The Balaban J connectivity index is 2.17. The van der Waals surface area contributed by atoms with E-state index in [9.17, 15) is 5.11 Å². The van der Waals surface area contributed by atoms with Crippen molar-refractivity contribution < 1.29 is 5.11 Å². The zero-order chi connectivity index (χ0) is 11.7. The average Bonchev–Trinajstić information content (AvgIpc) is 2.77. The molecule has 0 saturated carbocycles. The van der Waals surface area contributed by atoms with Crippen LogP contribution in [0.25, 0.3) is 0 Å². The summed E-state index contributed by atoms with van der Waals surface area (Å²) >= 11 is 5.46. The number of hydrogen-bond acceptors (Lipinski definition) is 3. The first-order valence-corrected chi connectivity index (χ1v) is 7.54. The lowest BCUT2D eigenvalue weighted by molar-refractivity contribution is 0.148. The maximum Gasteiger partial charge on any atom is 0.0766 e. The Labute approximate surface area is 109 Å². The minimum atomic E-state index is -0.156. The van der Waals surface area contributed by atoms with Crippen LogP contribution >= 0.6 is 27.7 Å². The van der Waals surface area contributed by atoms with Crippen molar-refractivity contribution in [2.45, 2.75) is 25.9 Å². The first-order valence-electron chi connectivity index (χ1n) is 5.59. The largest absolute Gasteiger partial charge is 0.392 e. The highest BCUT2D eigenvalue weighted by Gasteiger charge is 2.28. The van der Waals surface area contributed by atoms with Crippen molar-refractivity contribution in [2.24, 2.45) is 13.0 Å². The van der Waals surface area contributed by atoms with Gasteiger partial charge in [-0.1, -0.05) is 6.92 Å². The van der Waals surface area contributed by atoms with Crippen molar-refractivity contribution in [1.29, 1.82) is 0 Å². The fourth-order valence-corrected chi connectivity index (χ4v) is 4.14. The normalized spacial score (nSPS) is 25.2. The van der Waals surface area contributed by atoms with Gasteiger partial charge in [0.05, 0.1) is 22.0 Å². The molecule has 0 radical (unpaired) electrons. The molecule has 2 rings (SSSR count). The summed E-state index contributed by atoms with van der Waals surface area (Å²) in [5.74, 6) is 2.31. The first kappa shape index (κ1) is 12.5. The third-order valence-electron chi connectivity index (χ3n) is 3.12. The van der Waals surface area contributed by atoms with Gasteiger partial charge in [-0.3, -0.25) is 4.68 Å². The van der Waals surface area contributed by atoms with E-state index in [1.165, 1.54) is 5.69 Å². The van der Waals surface area contributed by atoms with Crippen molar-refractivity contribution in [1.82, 2.24) is 9.78 Å².